The third-order valence-corrected chi connectivity index (χ3v) is 3.44. The topological polar surface area (TPSA) is 72.9 Å². The lowest BCUT2D eigenvalue weighted by Gasteiger charge is -2.28. The minimum Gasteiger partial charge on any atom is -0.469 e. The standard InChI is InChI=1S/C18H23NO5/c1-4-24-17(21)11-8-12-19(16(20)13-18(22)23-3)14(2)15-9-6-5-7-10-15/h5-11,14H,4,12-13H2,1-3H3/b11-8+/t14-/m1/s1. The summed E-state index contributed by atoms with van der Waals surface area (Å²) in [5.74, 6) is -1.43. The molecule has 1 aromatic carbocycles. The molecule has 0 radical (unpaired) electrons. The lowest BCUT2D eigenvalue weighted by molar-refractivity contribution is -0.147. The van der Waals surface area contributed by atoms with E-state index in [0.717, 1.165) is 5.56 Å². The van der Waals surface area contributed by atoms with Crippen molar-refractivity contribution in [2.24, 2.45) is 0 Å². The molecular weight excluding hydrogens is 310 g/mol. The highest BCUT2D eigenvalue weighted by Crippen LogP contribution is 2.20. The van der Waals surface area contributed by atoms with Crippen molar-refractivity contribution in [1.82, 2.24) is 4.90 Å². The van der Waals surface area contributed by atoms with Crippen LogP contribution in [-0.2, 0) is 23.9 Å². The highest BCUT2D eigenvalue weighted by molar-refractivity contribution is 5.94. The molecule has 6 nitrogen and oxygen atoms in total. The van der Waals surface area contributed by atoms with Crippen molar-refractivity contribution in [2.75, 3.05) is 20.3 Å². The van der Waals surface area contributed by atoms with E-state index < -0.39 is 11.9 Å². The summed E-state index contributed by atoms with van der Waals surface area (Å²) in [4.78, 5) is 36.7. The lowest BCUT2D eigenvalue weighted by Crippen LogP contribution is -2.35. The fourth-order valence-corrected chi connectivity index (χ4v) is 2.14. The van der Waals surface area contributed by atoms with Gasteiger partial charge in [0.25, 0.3) is 0 Å². The maximum absolute atomic E-state index is 12.4. The van der Waals surface area contributed by atoms with Gasteiger partial charge in [0, 0.05) is 12.6 Å². The van der Waals surface area contributed by atoms with E-state index in [0.29, 0.717) is 0 Å². The van der Waals surface area contributed by atoms with Crippen LogP contribution in [0.5, 0.6) is 0 Å². The molecule has 0 spiro atoms. The summed E-state index contributed by atoms with van der Waals surface area (Å²) in [5, 5.41) is 0. The molecule has 0 aliphatic heterocycles. The minimum atomic E-state index is -0.598. The third-order valence-electron chi connectivity index (χ3n) is 3.44. The van der Waals surface area contributed by atoms with Gasteiger partial charge in [-0.2, -0.15) is 0 Å². The Morgan fingerprint density at radius 2 is 1.88 bits per heavy atom. The Kier molecular flexibility index (Phi) is 8.25. The highest BCUT2D eigenvalue weighted by Gasteiger charge is 2.22. The SMILES string of the molecule is CCOC(=O)/C=C/CN(C(=O)CC(=O)OC)[C@H](C)c1ccccc1. The smallest absolute Gasteiger partial charge is 0.330 e. The zero-order valence-corrected chi connectivity index (χ0v) is 14.2. The van der Waals surface area contributed by atoms with Crippen LogP contribution in [0.3, 0.4) is 0 Å². The van der Waals surface area contributed by atoms with Crippen molar-refractivity contribution in [3.05, 3.63) is 48.0 Å². The van der Waals surface area contributed by atoms with E-state index in [9.17, 15) is 14.4 Å². The Bertz CT molecular complexity index is 582. The fourth-order valence-electron chi connectivity index (χ4n) is 2.14. The second kappa shape index (κ2) is 10.2. The Hall–Kier alpha value is -2.63. The molecule has 0 N–H and O–H groups in total. The number of methoxy groups -OCH3 is 1. The van der Waals surface area contributed by atoms with Crippen molar-refractivity contribution in [1.29, 1.82) is 0 Å². The molecule has 0 bridgehead atoms. The van der Waals surface area contributed by atoms with Gasteiger partial charge in [-0.3, -0.25) is 9.59 Å². The van der Waals surface area contributed by atoms with E-state index >= 15 is 0 Å². The minimum absolute atomic E-state index is 0.185. The molecular formula is C18H23NO5. The molecule has 24 heavy (non-hydrogen) atoms. The van der Waals surface area contributed by atoms with Gasteiger partial charge in [-0.05, 0) is 19.4 Å². The van der Waals surface area contributed by atoms with Gasteiger partial charge < -0.3 is 14.4 Å². The molecule has 1 amide bonds. The van der Waals surface area contributed by atoms with Crippen LogP contribution in [0.2, 0.25) is 0 Å². The van der Waals surface area contributed by atoms with Gasteiger partial charge in [0.2, 0.25) is 5.91 Å². The number of amides is 1. The summed E-state index contributed by atoms with van der Waals surface area (Å²) < 4.78 is 9.36. The highest BCUT2D eigenvalue weighted by atomic mass is 16.5. The molecule has 0 aliphatic rings. The second-order valence-electron chi connectivity index (χ2n) is 5.04. The molecule has 0 fully saturated rings. The third kappa shape index (κ3) is 6.24. The number of ether oxygens (including phenoxy) is 2. The maximum atomic E-state index is 12.4. The molecule has 0 aromatic heterocycles. The summed E-state index contributed by atoms with van der Waals surface area (Å²) in [6.45, 7) is 4.05. The van der Waals surface area contributed by atoms with Crippen LogP contribution in [0.25, 0.3) is 0 Å². The van der Waals surface area contributed by atoms with Crippen LogP contribution in [0, 0.1) is 0 Å². The Balaban J connectivity index is 2.88. The Morgan fingerprint density at radius 1 is 1.21 bits per heavy atom. The number of esters is 2. The molecule has 130 valence electrons. The van der Waals surface area contributed by atoms with Gasteiger partial charge in [-0.1, -0.05) is 36.4 Å². The number of carbonyl (C=O) groups is 3. The summed E-state index contributed by atoms with van der Waals surface area (Å²) in [6.07, 6.45) is 2.48. The van der Waals surface area contributed by atoms with Gasteiger partial charge in [-0.15, -0.1) is 0 Å². The molecule has 1 rings (SSSR count). The molecule has 0 saturated heterocycles. The van der Waals surface area contributed by atoms with Gasteiger partial charge in [0.05, 0.1) is 19.8 Å². The summed E-state index contributed by atoms with van der Waals surface area (Å²) in [5.41, 5.74) is 0.931. The molecule has 6 heteroatoms. The zero-order valence-electron chi connectivity index (χ0n) is 14.2. The predicted molar refractivity (Wildman–Crippen MR) is 89.0 cm³/mol. The molecule has 0 heterocycles. The van der Waals surface area contributed by atoms with Crippen molar-refractivity contribution < 1.29 is 23.9 Å². The van der Waals surface area contributed by atoms with Crippen molar-refractivity contribution in [3.8, 4) is 0 Å². The van der Waals surface area contributed by atoms with Crippen LogP contribution >= 0.6 is 0 Å². The lowest BCUT2D eigenvalue weighted by atomic mass is 10.1. The van der Waals surface area contributed by atoms with Crippen LogP contribution in [0.1, 0.15) is 31.9 Å². The fraction of sp³-hybridized carbons (Fsp3) is 0.389. The number of nitrogens with zero attached hydrogens (tertiary/aromatic N) is 1. The second-order valence-corrected chi connectivity index (χ2v) is 5.04. The quantitative estimate of drug-likeness (QED) is 0.414. The number of rotatable bonds is 8. The van der Waals surface area contributed by atoms with E-state index in [2.05, 4.69) is 4.74 Å². The van der Waals surface area contributed by atoms with Crippen molar-refractivity contribution >= 4 is 17.8 Å². The first kappa shape index (κ1) is 19.4. The molecule has 0 aliphatic carbocycles. The molecule has 0 unspecified atom stereocenters. The summed E-state index contributed by atoms with van der Waals surface area (Å²) in [6, 6.07) is 9.19. The maximum Gasteiger partial charge on any atom is 0.330 e. The number of hydrogen-bond acceptors (Lipinski definition) is 5. The van der Waals surface area contributed by atoms with E-state index in [4.69, 9.17) is 4.74 Å². The first-order valence-electron chi connectivity index (χ1n) is 7.74. The Labute approximate surface area is 142 Å². The number of hydrogen-bond donors (Lipinski definition) is 0. The van der Waals surface area contributed by atoms with Gasteiger partial charge in [0.15, 0.2) is 0 Å². The summed E-state index contributed by atoms with van der Waals surface area (Å²) in [7, 11) is 1.24. The zero-order chi connectivity index (χ0) is 17.9. The van der Waals surface area contributed by atoms with Crippen LogP contribution in [-0.4, -0.2) is 43.0 Å². The molecule has 1 aromatic rings. The number of carbonyl (C=O) groups excluding carboxylic acids is 3. The van der Waals surface area contributed by atoms with E-state index in [1.165, 1.54) is 18.1 Å². The monoisotopic (exact) mass is 333 g/mol. The first-order valence-corrected chi connectivity index (χ1v) is 7.74. The van der Waals surface area contributed by atoms with Gasteiger partial charge >= 0.3 is 11.9 Å². The van der Waals surface area contributed by atoms with E-state index in [1.54, 1.807) is 13.0 Å². The van der Waals surface area contributed by atoms with Gasteiger partial charge in [-0.25, -0.2) is 4.79 Å². The predicted octanol–water partition coefficient (Wildman–Crippen LogP) is 2.26. The average molecular weight is 333 g/mol. The van der Waals surface area contributed by atoms with E-state index in [-0.39, 0.29) is 31.5 Å². The largest absolute Gasteiger partial charge is 0.469 e. The average Bonchev–Trinajstić information content (AvgIpc) is 2.59. The van der Waals surface area contributed by atoms with Crippen molar-refractivity contribution in [2.45, 2.75) is 26.3 Å². The van der Waals surface area contributed by atoms with Crippen LogP contribution < -0.4 is 0 Å². The summed E-state index contributed by atoms with van der Waals surface area (Å²) >= 11 is 0. The van der Waals surface area contributed by atoms with E-state index in [1.807, 2.05) is 37.3 Å². The van der Waals surface area contributed by atoms with Crippen LogP contribution in [0.15, 0.2) is 42.5 Å². The normalized spacial score (nSPS) is 11.8. The molecule has 0 saturated carbocycles. The van der Waals surface area contributed by atoms with Gasteiger partial charge in [0.1, 0.15) is 6.42 Å². The molecule has 1 atom stereocenters. The van der Waals surface area contributed by atoms with Crippen molar-refractivity contribution in [3.63, 3.8) is 0 Å². The van der Waals surface area contributed by atoms with Crippen LogP contribution in [0.4, 0.5) is 0 Å². The Morgan fingerprint density at radius 3 is 2.46 bits per heavy atom. The first-order chi connectivity index (χ1) is 11.5. The number of benzene rings is 1.